The average Bonchev–Trinajstić information content (AvgIpc) is 2.01. The summed E-state index contributed by atoms with van der Waals surface area (Å²) < 4.78 is 5.76. The molecule has 0 saturated carbocycles. The maximum Gasteiger partial charge on any atom is 0.153 e. The smallest absolute Gasteiger partial charge is 0.153 e. The van der Waals surface area contributed by atoms with Gasteiger partial charge in [-0.15, -0.1) is 0 Å². The van der Waals surface area contributed by atoms with Gasteiger partial charge in [-0.3, -0.25) is 0 Å². The Bertz CT molecular complexity index is 207. The van der Waals surface area contributed by atoms with Crippen LogP contribution in [0.2, 0.25) is 0 Å². The van der Waals surface area contributed by atoms with Crippen LogP contribution < -0.4 is 0 Å². The van der Waals surface area contributed by atoms with Crippen molar-refractivity contribution in [2.24, 2.45) is 5.16 Å². The number of hydrogen-bond donors (Lipinski definition) is 0. The van der Waals surface area contributed by atoms with Gasteiger partial charge in [-0.25, -0.2) is 0 Å². The highest BCUT2D eigenvalue weighted by atomic mass is 16.6. The first-order chi connectivity index (χ1) is 5.37. The molecule has 0 aromatic carbocycles. The molecule has 0 amide bonds. The predicted molar refractivity (Wildman–Crippen MR) is 47.7 cm³/mol. The Morgan fingerprint density at radius 3 is 2.33 bits per heavy atom. The third kappa shape index (κ3) is 1.78. The fourth-order valence-electron chi connectivity index (χ4n) is 1.62. The second kappa shape index (κ2) is 2.73. The molecule has 0 N–H and O–H groups in total. The third-order valence-corrected chi connectivity index (χ3v) is 1.99. The summed E-state index contributed by atoms with van der Waals surface area (Å²) in [5.74, 6) is 0. The maximum absolute atomic E-state index is 5.76. The Hall–Kier alpha value is -0.570. The van der Waals surface area contributed by atoms with Crippen LogP contribution >= 0.6 is 0 Å². The number of oxime groups is 1. The SMILES string of the molecule is [CH2]O/N=C1/CC(C)(C)OC1(C)C. The van der Waals surface area contributed by atoms with E-state index in [0.717, 1.165) is 12.1 Å². The minimum absolute atomic E-state index is 0.138. The van der Waals surface area contributed by atoms with Crippen LogP contribution in [0.4, 0.5) is 0 Å². The number of ether oxygens (including phenoxy) is 1. The molecule has 0 aromatic heterocycles. The Labute approximate surface area is 73.7 Å². The van der Waals surface area contributed by atoms with Crippen molar-refractivity contribution in [1.82, 2.24) is 0 Å². The minimum Gasteiger partial charge on any atom is -0.392 e. The van der Waals surface area contributed by atoms with Crippen molar-refractivity contribution < 1.29 is 9.57 Å². The van der Waals surface area contributed by atoms with Gasteiger partial charge in [0.25, 0.3) is 0 Å². The van der Waals surface area contributed by atoms with Gasteiger partial charge in [0, 0.05) is 6.42 Å². The molecule has 0 atom stereocenters. The summed E-state index contributed by atoms with van der Waals surface area (Å²) >= 11 is 0. The molecule has 3 heteroatoms. The van der Waals surface area contributed by atoms with Gasteiger partial charge in [0.15, 0.2) is 7.11 Å². The van der Waals surface area contributed by atoms with Gasteiger partial charge < -0.3 is 9.57 Å². The molecule has 12 heavy (non-hydrogen) atoms. The standard InChI is InChI=1S/C9H16NO2/c1-8(2)6-7(10-11-5)9(3,4)12-8/h5-6H2,1-4H3/b10-7-. The topological polar surface area (TPSA) is 30.8 Å². The van der Waals surface area contributed by atoms with Crippen molar-refractivity contribution in [3.63, 3.8) is 0 Å². The Kier molecular flexibility index (Phi) is 2.17. The first-order valence-electron chi connectivity index (χ1n) is 4.06. The Morgan fingerprint density at radius 2 is 2.00 bits per heavy atom. The van der Waals surface area contributed by atoms with E-state index in [1.807, 2.05) is 27.7 Å². The van der Waals surface area contributed by atoms with Crippen LogP contribution in [0.15, 0.2) is 5.16 Å². The van der Waals surface area contributed by atoms with Crippen LogP contribution in [-0.4, -0.2) is 16.9 Å². The number of hydrogen-bond acceptors (Lipinski definition) is 3. The molecule has 0 aromatic rings. The lowest BCUT2D eigenvalue weighted by atomic mass is 9.98. The van der Waals surface area contributed by atoms with Crippen LogP contribution in [0.3, 0.4) is 0 Å². The van der Waals surface area contributed by atoms with Gasteiger partial charge in [0.05, 0.1) is 11.3 Å². The number of rotatable bonds is 1. The molecule has 1 saturated heterocycles. The van der Waals surface area contributed by atoms with Crippen LogP contribution in [-0.2, 0) is 9.57 Å². The summed E-state index contributed by atoms with van der Waals surface area (Å²) in [6.07, 6.45) is 0.801. The predicted octanol–water partition coefficient (Wildman–Crippen LogP) is 2.13. The second-order valence-electron chi connectivity index (χ2n) is 4.22. The fraction of sp³-hybridized carbons (Fsp3) is 0.778. The highest BCUT2D eigenvalue weighted by Gasteiger charge is 2.43. The molecule has 0 unspecified atom stereocenters. The molecular weight excluding hydrogens is 154 g/mol. The zero-order valence-corrected chi connectivity index (χ0v) is 8.18. The molecule has 0 aliphatic carbocycles. The van der Waals surface area contributed by atoms with Crippen molar-refractivity contribution in [3.8, 4) is 0 Å². The van der Waals surface area contributed by atoms with Crippen molar-refractivity contribution in [3.05, 3.63) is 7.11 Å². The summed E-state index contributed by atoms with van der Waals surface area (Å²) in [4.78, 5) is 4.51. The van der Waals surface area contributed by atoms with E-state index in [2.05, 4.69) is 17.1 Å². The van der Waals surface area contributed by atoms with Gasteiger partial charge in [-0.05, 0) is 27.7 Å². The van der Waals surface area contributed by atoms with E-state index in [4.69, 9.17) is 4.74 Å². The monoisotopic (exact) mass is 170 g/mol. The molecule has 1 fully saturated rings. The van der Waals surface area contributed by atoms with Crippen LogP contribution in [0.5, 0.6) is 0 Å². The van der Waals surface area contributed by atoms with E-state index < -0.39 is 0 Å². The van der Waals surface area contributed by atoms with E-state index in [-0.39, 0.29) is 11.2 Å². The highest BCUT2D eigenvalue weighted by molar-refractivity contribution is 5.94. The first kappa shape index (κ1) is 9.52. The fourth-order valence-corrected chi connectivity index (χ4v) is 1.62. The average molecular weight is 170 g/mol. The first-order valence-corrected chi connectivity index (χ1v) is 4.06. The second-order valence-corrected chi connectivity index (χ2v) is 4.22. The molecule has 0 spiro atoms. The normalized spacial score (nSPS) is 29.2. The zero-order valence-electron chi connectivity index (χ0n) is 8.18. The van der Waals surface area contributed by atoms with Crippen molar-refractivity contribution in [1.29, 1.82) is 0 Å². The highest BCUT2D eigenvalue weighted by Crippen LogP contribution is 2.34. The van der Waals surface area contributed by atoms with Gasteiger partial charge in [-0.2, -0.15) is 0 Å². The van der Waals surface area contributed by atoms with Gasteiger partial charge in [0.1, 0.15) is 5.60 Å². The molecule has 1 radical (unpaired) electrons. The molecule has 1 rings (SSSR count). The van der Waals surface area contributed by atoms with Crippen LogP contribution in [0.25, 0.3) is 0 Å². The Morgan fingerprint density at radius 1 is 1.42 bits per heavy atom. The lowest BCUT2D eigenvalue weighted by molar-refractivity contribution is -0.0518. The summed E-state index contributed by atoms with van der Waals surface area (Å²) in [5, 5.41) is 3.85. The van der Waals surface area contributed by atoms with E-state index in [1.165, 1.54) is 0 Å². The van der Waals surface area contributed by atoms with E-state index in [1.54, 1.807) is 0 Å². The van der Waals surface area contributed by atoms with E-state index in [9.17, 15) is 0 Å². The van der Waals surface area contributed by atoms with Crippen LogP contribution in [0, 0.1) is 7.11 Å². The third-order valence-electron chi connectivity index (χ3n) is 1.99. The lowest BCUT2D eigenvalue weighted by Crippen LogP contribution is -2.29. The summed E-state index contributed by atoms with van der Waals surface area (Å²) in [6.45, 7) is 8.06. The quantitative estimate of drug-likeness (QED) is 0.564. The molecule has 1 aliphatic rings. The van der Waals surface area contributed by atoms with Crippen molar-refractivity contribution in [2.45, 2.75) is 45.3 Å². The molecule has 1 aliphatic heterocycles. The summed E-state index contributed by atoms with van der Waals surface area (Å²) in [7, 11) is 3.22. The molecule has 1 heterocycles. The van der Waals surface area contributed by atoms with Gasteiger partial charge >= 0.3 is 0 Å². The summed E-state index contributed by atoms with van der Waals surface area (Å²) in [5.41, 5.74) is 0.463. The van der Waals surface area contributed by atoms with Gasteiger partial charge in [-0.1, -0.05) is 5.16 Å². The lowest BCUT2D eigenvalue weighted by Gasteiger charge is -2.22. The molecule has 69 valence electrons. The zero-order chi connectivity index (χ0) is 9.41. The van der Waals surface area contributed by atoms with E-state index in [0.29, 0.717) is 0 Å². The van der Waals surface area contributed by atoms with Crippen molar-refractivity contribution in [2.75, 3.05) is 0 Å². The summed E-state index contributed by atoms with van der Waals surface area (Å²) in [6, 6.07) is 0. The number of nitrogens with zero attached hydrogens (tertiary/aromatic N) is 1. The van der Waals surface area contributed by atoms with Crippen molar-refractivity contribution >= 4 is 5.71 Å². The minimum atomic E-state index is -0.318. The molecule has 0 bridgehead atoms. The molecule has 3 nitrogen and oxygen atoms in total. The van der Waals surface area contributed by atoms with Gasteiger partial charge in [0.2, 0.25) is 0 Å². The largest absolute Gasteiger partial charge is 0.392 e. The Balaban J connectivity index is 2.85. The molecular formula is C9H16NO2. The maximum atomic E-state index is 5.76. The van der Waals surface area contributed by atoms with Crippen LogP contribution in [0.1, 0.15) is 34.1 Å². The van der Waals surface area contributed by atoms with E-state index >= 15 is 0 Å².